The Bertz CT molecular complexity index is 1280. The SMILES string of the molecule is CCOc1ccc2[nH]c(=O)c(CN(Cc3ccccc3OC)C(=O)c3ccco3)cc2c1. The van der Waals surface area contributed by atoms with Crippen molar-refractivity contribution >= 4 is 16.8 Å². The van der Waals surface area contributed by atoms with Gasteiger partial charge in [0.25, 0.3) is 11.5 Å². The first-order chi connectivity index (χ1) is 15.6. The number of furan rings is 1. The lowest BCUT2D eigenvalue weighted by molar-refractivity contribution is 0.0696. The smallest absolute Gasteiger partial charge is 0.290 e. The molecule has 0 atom stereocenters. The molecule has 0 saturated carbocycles. The number of nitrogens with one attached hydrogen (secondary N) is 1. The highest BCUT2D eigenvalue weighted by Crippen LogP contribution is 2.23. The maximum atomic E-state index is 13.2. The van der Waals surface area contributed by atoms with Crippen molar-refractivity contribution in [3.63, 3.8) is 0 Å². The van der Waals surface area contributed by atoms with E-state index < -0.39 is 0 Å². The summed E-state index contributed by atoms with van der Waals surface area (Å²) >= 11 is 0. The number of benzene rings is 2. The van der Waals surface area contributed by atoms with Crippen molar-refractivity contribution in [2.24, 2.45) is 0 Å². The molecule has 0 aliphatic carbocycles. The third kappa shape index (κ3) is 4.51. The molecule has 0 radical (unpaired) electrons. The Morgan fingerprint density at radius 3 is 2.59 bits per heavy atom. The molecule has 1 amide bonds. The lowest BCUT2D eigenvalue weighted by atomic mass is 10.1. The zero-order valence-corrected chi connectivity index (χ0v) is 18.0. The van der Waals surface area contributed by atoms with Crippen molar-refractivity contribution in [2.45, 2.75) is 20.0 Å². The van der Waals surface area contributed by atoms with Crippen LogP contribution >= 0.6 is 0 Å². The molecular weight excluding hydrogens is 408 g/mol. The molecule has 1 N–H and O–H groups in total. The first-order valence-corrected chi connectivity index (χ1v) is 10.3. The Kier molecular flexibility index (Phi) is 6.26. The van der Waals surface area contributed by atoms with Gasteiger partial charge in [0, 0.05) is 22.0 Å². The Morgan fingerprint density at radius 1 is 1.03 bits per heavy atom. The van der Waals surface area contributed by atoms with Crippen molar-refractivity contribution in [2.75, 3.05) is 13.7 Å². The number of H-pyrrole nitrogens is 1. The largest absolute Gasteiger partial charge is 0.496 e. The number of rotatable bonds is 8. The number of methoxy groups -OCH3 is 1. The summed E-state index contributed by atoms with van der Waals surface area (Å²) in [5.41, 5.74) is 1.74. The van der Waals surface area contributed by atoms with Crippen LogP contribution in [0.5, 0.6) is 11.5 Å². The molecule has 7 nitrogen and oxygen atoms in total. The van der Waals surface area contributed by atoms with E-state index in [9.17, 15) is 9.59 Å². The third-order valence-corrected chi connectivity index (χ3v) is 5.14. The predicted octanol–water partition coefficient (Wildman–Crippen LogP) is 4.37. The van der Waals surface area contributed by atoms with Gasteiger partial charge in [-0.15, -0.1) is 0 Å². The van der Waals surface area contributed by atoms with Gasteiger partial charge in [0.15, 0.2) is 5.76 Å². The van der Waals surface area contributed by atoms with E-state index in [0.717, 1.165) is 16.7 Å². The Labute approximate surface area is 185 Å². The zero-order valence-electron chi connectivity index (χ0n) is 18.0. The molecule has 2 aromatic carbocycles. The fourth-order valence-corrected chi connectivity index (χ4v) is 3.60. The van der Waals surface area contributed by atoms with Gasteiger partial charge in [-0.1, -0.05) is 18.2 Å². The number of fused-ring (bicyclic) bond motifs is 1. The summed E-state index contributed by atoms with van der Waals surface area (Å²) < 4.78 is 16.3. The number of hydrogen-bond acceptors (Lipinski definition) is 5. The predicted molar refractivity (Wildman–Crippen MR) is 121 cm³/mol. The van der Waals surface area contributed by atoms with Crippen LogP contribution < -0.4 is 15.0 Å². The van der Waals surface area contributed by atoms with Crippen LogP contribution in [0.25, 0.3) is 10.9 Å². The molecule has 2 aromatic heterocycles. The summed E-state index contributed by atoms with van der Waals surface area (Å²) in [6.07, 6.45) is 1.45. The number of hydrogen-bond donors (Lipinski definition) is 1. The minimum absolute atomic E-state index is 0.0989. The van der Waals surface area contributed by atoms with Gasteiger partial charge in [0.2, 0.25) is 0 Å². The second-order valence-electron chi connectivity index (χ2n) is 7.26. The van der Waals surface area contributed by atoms with E-state index in [1.807, 2.05) is 49.4 Å². The number of pyridine rings is 1. The van der Waals surface area contributed by atoms with Crippen molar-refractivity contribution in [1.29, 1.82) is 0 Å². The third-order valence-electron chi connectivity index (χ3n) is 5.14. The van der Waals surface area contributed by atoms with Crippen LogP contribution in [0.2, 0.25) is 0 Å². The van der Waals surface area contributed by atoms with E-state index in [4.69, 9.17) is 13.9 Å². The monoisotopic (exact) mass is 432 g/mol. The molecular formula is C25H24N2O5. The molecule has 0 saturated heterocycles. The van der Waals surface area contributed by atoms with Crippen LogP contribution in [0, 0.1) is 0 Å². The number of carbonyl (C=O) groups excluding carboxylic acids is 1. The fourth-order valence-electron chi connectivity index (χ4n) is 3.60. The van der Waals surface area contributed by atoms with E-state index in [-0.39, 0.29) is 30.3 Å². The lowest BCUT2D eigenvalue weighted by Gasteiger charge is -2.23. The molecule has 0 fully saturated rings. The summed E-state index contributed by atoms with van der Waals surface area (Å²) in [4.78, 5) is 30.4. The van der Waals surface area contributed by atoms with Gasteiger partial charge in [-0.05, 0) is 49.4 Å². The van der Waals surface area contributed by atoms with Gasteiger partial charge in [-0.2, -0.15) is 0 Å². The maximum Gasteiger partial charge on any atom is 0.290 e. The van der Waals surface area contributed by atoms with E-state index in [0.29, 0.717) is 23.4 Å². The maximum absolute atomic E-state index is 13.2. The quantitative estimate of drug-likeness (QED) is 0.447. The van der Waals surface area contributed by atoms with Crippen molar-refractivity contribution in [3.05, 3.63) is 94.2 Å². The second-order valence-corrected chi connectivity index (χ2v) is 7.26. The normalized spacial score (nSPS) is 10.8. The Morgan fingerprint density at radius 2 is 1.84 bits per heavy atom. The molecule has 32 heavy (non-hydrogen) atoms. The molecule has 7 heteroatoms. The highest BCUT2D eigenvalue weighted by atomic mass is 16.5. The number of aromatic amines is 1. The Balaban J connectivity index is 1.71. The van der Waals surface area contributed by atoms with E-state index in [1.165, 1.54) is 6.26 Å². The minimum Gasteiger partial charge on any atom is -0.496 e. The van der Waals surface area contributed by atoms with Crippen LogP contribution in [0.1, 0.15) is 28.6 Å². The first kappa shape index (κ1) is 21.2. The molecule has 4 aromatic rings. The van der Waals surface area contributed by atoms with Crippen molar-refractivity contribution in [3.8, 4) is 11.5 Å². The van der Waals surface area contributed by atoms with Crippen LogP contribution in [0.4, 0.5) is 0 Å². The summed E-state index contributed by atoms with van der Waals surface area (Å²) in [5.74, 6) is 1.27. The molecule has 0 spiro atoms. The van der Waals surface area contributed by atoms with Crippen LogP contribution in [-0.2, 0) is 13.1 Å². The molecule has 0 bridgehead atoms. The fraction of sp³-hybridized carbons (Fsp3) is 0.200. The molecule has 2 heterocycles. The first-order valence-electron chi connectivity index (χ1n) is 10.3. The zero-order chi connectivity index (χ0) is 22.5. The van der Waals surface area contributed by atoms with Crippen LogP contribution in [0.3, 0.4) is 0 Å². The van der Waals surface area contributed by atoms with Gasteiger partial charge >= 0.3 is 0 Å². The highest BCUT2D eigenvalue weighted by Gasteiger charge is 2.21. The summed E-state index contributed by atoms with van der Waals surface area (Å²) in [7, 11) is 1.58. The second kappa shape index (κ2) is 9.43. The van der Waals surface area contributed by atoms with E-state index >= 15 is 0 Å². The van der Waals surface area contributed by atoms with Gasteiger partial charge in [0.05, 0.1) is 33.1 Å². The summed E-state index contributed by atoms with van der Waals surface area (Å²) in [5, 5.41) is 0.827. The van der Waals surface area contributed by atoms with Gasteiger partial charge < -0.3 is 23.8 Å². The molecule has 4 rings (SSSR count). The number of aromatic nitrogens is 1. The number of para-hydroxylation sites is 1. The van der Waals surface area contributed by atoms with Crippen LogP contribution in [-0.4, -0.2) is 29.5 Å². The number of amides is 1. The van der Waals surface area contributed by atoms with E-state index in [2.05, 4.69) is 4.98 Å². The van der Waals surface area contributed by atoms with E-state index in [1.54, 1.807) is 30.2 Å². The highest BCUT2D eigenvalue weighted by molar-refractivity contribution is 5.91. The average Bonchev–Trinajstić information content (AvgIpc) is 3.34. The van der Waals surface area contributed by atoms with Gasteiger partial charge in [-0.3, -0.25) is 9.59 Å². The summed E-state index contributed by atoms with van der Waals surface area (Å²) in [6.45, 7) is 2.81. The number of carbonyl (C=O) groups is 1. The average molecular weight is 432 g/mol. The van der Waals surface area contributed by atoms with Gasteiger partial charge in [0.1, 0.15) is 11.5 Å². The Hall–Kier alpha value is -4.00. The standard InChI is InChI=1S/C25H24N2O5/c1-3-31-20-10-11-21-18(14-20)13-19(24(28)26-21)16-27(25(29)23-9-6-12-32-23)15-17-7-4-5-8-22(17)30-2/h4-14H,3,15-16H2,1-2H3,(H,26,28). The van der Waals surface area contributed by atoms with Gasteiger partial charge in [-0.25, -0.2) is 0 Å². The minimum atomic E-state index is -0.316. The molecule has 0 aliphatic rings. The molecule has 164 valence electrons. The lowest BCUT2D eigenvalue weighted by Crippen LogP contribution is -2.32. The topological polar surface area (TPSA) is 84.8 Å². The van der Waals surface area contributed by atoms with Crippen molar-refractivity contribution in [1.82, 2.24) is 9.88 Å². The van der Waals surface area contributed by atoms with Crippen LogP contribution in [0.15, 0.2) is 76.1 Å². The van der Waals surface area contributed by atoms with Crippen molar-refractivity contribution < 1.29 is 18.7 Å². The number of ether oxygens (including phenoxy) is 2. The number of nitrogens with zero attached hydrogens (tertiary/aromatic N) is 1. The molecule has 0 unspecified atom stereocenters. The molecule has 0 aliphatic heterocycles. The summed E-state index contributed by atoms with van der Waals surface area (Å²) in [6, 6.07) is 18.0.